The maximum absolute atomic E-state index is 13.0. The first-order chi connectivity index (χ1) is 15.1. The van der Waals surface area contributed by atoms with Gasteiger partial charge in [0.2, 0.25) is 5.91 Å². The molecule has 0 aliphatic rings. The number of Topliss-reactive ketones (excluding diaryl/α,β-unsaturated/α-hetero) is 1. The number of aryl methyl sites for hydroxylation is 1. The number of halogens is 3. The van der Waals surface area contributed by atoms with Crippen molar-refractivity contribution in [1.82, 2.24) is 15.2 Å². The number of alkyl halides is 3. The quantitative estimate of drug-likeness (QED) is 0.549. The van der Waals surface area contributed by atoms with Crippen molar-refractivity contribution in [2.75, 3.05) is 0 Å². The summed E-state index contributed by atoms with van der Waals surface area (Å²) in [5, 5.41) is 4.88. The van der Waals surface area contributed by atoms with Gasteiger partial charge in [-0.2, -0.15) is 13.2 Å². The highest BCUT2D eigenvalue weighted by atomic mass is 19.4. The number of carbonyl (C=O) groups excluding carboxylic acids is 3. The summed E-state index contributed by atoms with van der Waals surface area (Å²) in [6, 6.07) is 13.0. The number of ketones is 1. The zero-order valence-electron chi connectivity index (χ0n) is 17.4. The van der Waals surface area contributed by atoms with Gasteiger partial charge in [0.1, 0.15) is 6.04 Å². The number of hydrogen-bond donors (Lipinski definition) is 2. The molecule has 32 heavy (non-hydrogen) atoms. The van der Waals surface area contributed by atoms with E-state index in [2.05, 4.69) is 5.32 Å². The lowest BCUT2D eigenvalue weighted by molar-refractivity contribution is -0.174. The lowest BCUT2D eigenvalue weighted by Crippen LogP contribution is -2.54. The van der Waals surface area contributed by atoms with Crippen LogP contribution in [0.4, 0.5) is 13.2 Å². The Hall–Kier alpha value is -3.62. The number of nitrogens with zero attached hydrogens (tertiary/aromatic N) is 1. The lowest BCUT2D eigenvalue weighted by Gasteiger charge is -2.21. The van der Waals surface area contributed by atoms with Gasteiger partial charge in [-0.15, -0.1) is 0 Å². The molecule has 2 amide bonds. The van der Waals surface area contributed by atoms with Crippen molar-refractivity contribution < 1.29 is 27.6 Å². The third kappa shape index (κ3) is 5.16. The Morgan fingerprint density at radius 2 is 1.59 bits per heavy atom. The second-order valence-corrected chi connectivity index (χ2v) is 7.48. The summed E-state index contributed by atoms with van der Waals surface area (Å²) in [5.74, 6) is -3.50. The second kappa shape index (κ2) is 9.25. The van der Waals surface area contributed by atoms with Crippen molar-refractivity contribution in [3.05, 3.63) is 71.9 Å². The van der Waals surface area contributed by atoms with E-state index < -0.39 is 35.9 Å². The van der Waals surface area contributed by atoms with Gasteiger partial charge in [-0.05, 0) is 18.6 Å². The predicted octanol–water partition coefficient (Wildman–Crippen LogP) is 3.16. The molecule has 1 aromatic heterocycles. The minimum absolute atomic E-state index is 0.163. The zero-order chi connectivity index (χ0) is 23.5. The monoisotopic (exact) mass is 445 g/mol. The molecule has 0 bridgehead atoms. The van der Waals surface area contributed by atoms with Gasteiger partial charge >= 0.3 is 12.1 Å². The SMILES string of the molecule is C[C@H](NC(=O)[C@H](Cc1ccccc1)NC(=O)C(F)(F)F)C(=O)c1cn(C)c2ccccc12. The highest BCUT2D eigenvalue weighted by molar-refractivity contribution is 6.11. The van der Waals surface area contributed by atoms with Crippen LogP contribution in [0.3, 0.4) is 0 Å². The average molecular weight is 445 g/mol. The first-order valence-electron chi connectivity index (χ1n) is 9.88. The second-order valence-electron chi connectivity index (χ2n) is 7.48. The molecule has 0 aliphatic carbocycles. The molecular weight excluding hydrogens is 423 g/mol. The molecule has 0 fully saturated rings. The summed E-state index contributed by atoms with van der Waals surface area (Å²) >= 11 is 0. The van der Waals surface area contributed by atoms with Gasteiger partial charge in [-0.25, -0.2) is 0 Å². The van der Waals surface area contributed by atoms with Crippen LogP contribution in [0.1, 0.15) is 22.8 Å². The fourth-order valence-electron chi connectivity index (χ4n) is 3.45. The van der Waals surface area contributed by atoms with Gasteiger partial charge in [0, 0.05) is 36.1 Å². The molecule has 168 valence electrons. The molecule has 0 spiro atoms. The maximum Gasteiger partial charge on any atom is 0.471 e. The molecule has 9 heteroatoms. The minimum Gasteiger partial charge on any atom is -0.350 e. The third-order valence-electron chi connectivity index (χ3n) is 5.08. The van der Waals surface area contributed by atoms with E-state index in [0.29, 0.717) is 16.5 Å². The molecule has 6 nitrogen and oxygen atoms in total. The first kappa shape index (κ1) is 23.1. The van der Waals surface area contributed by atoms with Crippen molar-refractivity contribution in [3.8, 4) is 0 Å². The summed E-state index contributed by atoms with van der Waals surface area (Å²) in [6.07, 6.45) is -3.66. The van der Waals surface area contributed by atoms with E-state index in [1.165, 1.54) is 6.92 Å². The Bertz CT molecular complexity index is 1140. The Labute approximate surface area is 182 Å². The van der Waals surface area contributed by atoms with Crippen LogP contribution in [-0.2, 0) is 23.1 Å². The molecule has 0 saturated heterocycles. The fourth-order valence-corrected chi connectivity index (χ4v) is 3.45. The van der Waals surface area contributed by atoms with E-state index in [1.807, 2.05) is 12.1 Å². The topological polar surface area (TPSA) is 80.2 Å². The van der Waals surface area contributed by atoms with Crippen LogP contribution in [0.15, 0.2) is 60.8 Å². The van der Waals surface area contributed by atoms with Gasteiger partial charge in [-0.1, -0.05) is 48.5 Å². The number of aromatic nitrogens is 1. The Morgan fingerprint density at radius 3 is 2.25 bits per heavy atom. The van der Waals surface area contributed by atoms with Crippen molar-refractivity contribution in [3.63, 3.8) is 0 Å². The fraction of sp³-hybridized carbons (Fsp3) is 0.261. The Balaban J connectivity index is 1.79. The summed E-state index contributed by atoms with van der Waals surface area (Å²) < 4.78 is 40.1. The Kier molecular flexibility index (Phi) is 6.67. The highest BCUT2D eigenvalue weighted by Crippen LogP contribution is 2.22. The minimum atomic E-state index is -5.14. The smallest absolute Gasteiger partial charge is 0.350 e. The van der Waals surface area contributed by atoms with E-state index in [-0.39, 0.29) is 6.42 Å². The van der Waals surface area contributed by atoms with Gasteiger partial charge in [0.05, 0.1) is 6.04 Å². The van der Waals surface area contributed by atoms with Gasteiger partial charge in [0.25, 0.3) is 0 Å². The van der Waals surface area contributed by atoms with Crippen molar-refractivity contribution in [2.24, 2.45) is 7.05 Å². The molecule has 3 aromatic rings. The van der Waals surface area contributed by atoms with Crippen LogP contribution in [0, 0.1) is 0 Å². The maximum atomic E-state index is 13.0. The molecule has 0 radical (unpaired) electrons. The number of amides is 2. The van der Waals surface area contributed by atoms with Crippen LogP contribution in [0.5, 0.6) is 0 Å². The zero-order valence-corrected chi connectivity index (χ0v) is 17.4. The predicted molar refractivity (Wildman–Crippen MR) is 113 cm³/mol. The summed E-state index contributed by atoms with van der Waals surface area (Å²) in [4.78, 5) is 37.2. The van der Waals surface area contributed by atoms with Crippen molar-refractivity contribution in [1.29, 1.82) is 0 Å². The summed E-state index contributed by atoms with van der Waals surface area (Å²) in [7, 11) is 1.78. The molecular formula is C23H22F3N3O3. The third-order valence-corrected chi connectivity index (χ3v) is 5.08. The molecule has 3 rings (SSSR count). The number of fused-ring (bicyclic) bond motifs is 1. The molecule has 0 saturated carbocycles. The van der Waals surface area contributed by atoms with Crippen LogP contribution in [-0.4, -0.2) is 40.4 Å². The Morgan fingerprint density at radius 1 is 0.969 bits per heavy atom. The lowest BCUT2D eigenvalue weighted by atomic mass is 10.0. The van der Waals surface area contributed by atoms with Crippen molar-refractivity contribution >= 4 is 28.5 Å². The van der Waals surface area contributed by atoms with Gasteiger partial charge in [-0.3, -0.25) is 14.4 Å². The summed E-state index contributed by atoms with van der Waals surface area (Å²) in [6.45, 7) is 1.45. The van der Waals surface area contributed by atoms with Crippen LogP contribution in [0.2, 0.25) is 0 Å². The van der Waals surface area contributed by atoms with E-state index in [9.17, 15) is 27.6 Å². The molecule has 0 aliphatic heterocycles. The van der Waals surface area contributed by atoms with Crippen molar-refractivity contribution in [2.45, 2.75) is 31.6 Å². The van der Waals surface area contributed by atoms with Crippen LogP contribution >= 0.6 is 0 Å². The standard InChI is InChI=1S/C23H22F3N3O3/c1-14(20(30)17-13-29(2)19-11-7-6-10-16(17)19)27-21(31)18(28-22(32)23(24,25)26)12-15-8-4-3-5-9-15/h3-11,13-14,18H,12H2,1-2H3,(H,27,31)(H,28,32)/t14-,18-/m0/s1. The largest absolute Gasteiger partial charge is 0.471 e. The van der Waals surface area contributed by atoms with E-state index in [0.717, 1.165) is 5.52 Å². The summed E-state index contributed by atoms with van der Waals surface area (Å²) in [5.41, 5.74) is 1.77. The number of nitrogens with one attached hydrogen (secondary N) is 2. The first-order valence-corrected chi connectivity index (χ1v) is 9.88. The van der Waals surface area contributed by atoms with Gasteiger partial charge in [0.15, 0.2) is 5.78 Å². The highest BCUT2D eigenvalue weighted by Gasteiger charge is 2.41. The molecule has 2 aromatic carbocycles. The van der Waals surface area contributed by atoms with E-state index >= 15 is 0 Å². The number of carbonyl (C=O) groups is 3. The molecule has 2 N–H and O–H groups in total. The van der Waals surface area contributed by atoms with Crippen LogP contribution < -0.4 is 10.6 Å². The van der Waals surface area contributed by atoms with Crippen LogP contribution in [0.25, 0.3) is 10.9 Å². The molecule has 2 atom stereocenters. The van der Waals surface area contributed by atoms with E-state index in [1.54, 1.807) is 65.6 Å². The number of hydrogen-bond acceptors (Lipinski definition) is 3. The molecule has 0 unspecified atom stereocenters. The number of benzene rings is 2. The number of para-hydroxylation sites is 1. The van der Waals surface area contributed by atoms with E-state index in [4.69, 9.17) is 0 Å². The normalized spacial score (nSPS) is 13.4. The average Bonchev–Trinajstić information content (AvgIpc) is 3.09. The molecule has 1 heterocycles. The number of rotatable bonds is 7. The van der Waals surface area contributed by atoms with Gasteiger partial charge < -0.3 is 15.2 Å².